The minimum atomic E-state index is -0.377. The third-order valence-corrected chi connectivity index (χ3v) is 3.73. The minimum absolute atomic E-state index is 0.00538. The van der Waals surface area contributed by atoms with Gasteiger partial charge in [-0.2, -0.15) is 0 Å². The molecule has 0 spiro atoms. The molecular formula is C20H23N3O3S. The van der Waals surface area contributed by atoms with Gasteiger partial charge in [0.25, 0.3) is 11.8 Å². The zero-order valence-electron chi connectivity index (χ0n) is 15.5. The van der Waals surface area contributed by atoms with Crippen LogP contribution in [0.3, 0.4) is 0 Å². The van der Waals surface area contributed by atoms with Gasteiger partial charge in [-0.1, -0.05) is 31.5 Å². The molecule has 0 atom stereocenters. The van der Waals surface area contributed by atoms with E-state index in [2.05, 4.69) is 30.0 Å². The molecule has 0 aliphatic rings. The molecule has 0 aliphatic heterocycles. The van der Waals surface area contributed by atoms with Gasteiger partial charge in [-0.3, -0.25) is 25.8 Å². The molecule has 2 aromatic carbocycles. The highest BCUT2D eigenvalue weighted by Gasteiger charge is 2.09. The fourth-order valence-electron chi connectivity index (χ4n) is 2.06. The Morgan fingerprint density at radius 1 is 0.926 bits per heavy atom. The SMILES string of the molecule is Cc1ccc(C(=O)NC(=S)NNC(=O)c2ccc(OCC(C)C)cc2)cc1. The molecule has 6 nitrogen and oxygen atoms in total. The lowest BCUT2D eigenvalue weighted by Gasteiger charge is -2.12. The summed E-state index contributed by atoms with van der Waals surface area (Å²) in [5.74, 6) is 0.396. The van der Waals surface area contributed by atoms with E-state index in [1.54, 1.807) is 36.4 Å². The van der Waals surface area contributed by atoms with Gasteiger partial charge in [0.2, 0.25) is 0 Å². The molecule has 2 amide bonds. The first-order valence-corrected chi connectivity index (χ1v) is 8.97. The second-order valence-corrected chi connectivity index (χ2v) is 6.87. The number of rotatable bonds is 5. The van der Waals surface area contributed by atoms with Crippen molar-refractivity contribution in [3.8, 4) is 5.75 Å². The molecule has 0 saturated heterocycles. The van der Waals surface area contributed by atoms with Crippen LogP contribution < -0.4 is 20.9 Å². The summed E-state index contributed by atoms with van der Waals surface area (Å²) in [5.41, 5.74) is 6.94. The monoisotopic (exact) mass is 385 g/mol. The lowest BCUT2D eigenvalue weighted by molar-refractivity contribution is 0.0934. The van der Waals surface area contributed by atoms with Crippen molar-refractivity contribution in [2.24, 2.45) is 5.92 Å². The van der Waals surface area contributed by atoms with Gasteiger partial charge in [0.15, 0.2) is 5.11 Å². The van der Waals surface area contributed by atoms with Gasteiger partial charge >= 0.3 is 0 Å². The number of carbonyl (C=O) groups is 2. The van der Waals surface area contributed by atoms with E-state index < -0.39 is 0 Å². The number of benzene rings is 2. The molecule has 3 N–H and O–H groups in total. The molecule has 0 heterocycles. The maximum atomic E-state index is 12.1. The van der Waals surface area contributed by atoms with Gasteiger partial charge in [0, 0.05) is 11.1 Å². The fraction of sp³-hybridized carbons (Fsp3) is 0.250. The van der Waals surface area contributed by atoms with Crippen LogP contribution in [0.15, 0.2) is 48.5 Å². The number of hydrogen-bond acceptors (Lipinski definition) is 4. The number of aryl methyl sites for hydroxylation is 1. The molecule has 0 aromatic heterocycles. The largest absolute Gasteiger partial charge is 0.493 e. The Bertz CT molecular complexity index is 802. The molecule has 142 valence electrons. The first-order chi connectivity index (χ1) is 12.8. The summed E-state index contributed by atoms with van der Waals surface area (Å²) in [6.07, 6.45) is 0. The Balaban J connectivity index is 1.81. The molecular weight excluding hydrogens is 362 g/mol. The van der Waals surface area contributed by atoms with E-state index in [1.807, 2.05) is 19.1 Å². The Kier molecular flexibility index (Phi) is 7.31. The molecule has 7 heteroatoms. The van der Waals surface area contributed by atoms with Crippen molar-refractivity contribution in [1.82, 2.24) is 16.2 Å². The van der Waals surface area contributed by atoms with E-state index in [9.17, 15) is 9.59 Å². The number of carbonyl (C=O) groups excluding carboxylic acids is 2. The van der Waals surface area contributed by atoms with E-state index in [1.165, 1.54) is 0 Å². The highest BCUT2D eigenvalue weighted by molar-refractivity contribution is 7.80. The van der Waals surface area contributed by atoms with Gasteiger partial charge in [-0.05, 0) is 61.5 Å². The third kappa shape index (κ3) is 6.71. The van der Waals surface area contributed by atoms with Crippen molar-refractivity contribution in [3.05, 3.63) is 65.2 Å². The normalized spacial score (nSPS) is 10.2. The van der Waals surface area contributed by atoms with Crippen LogP contribution in [0.1, 0.15) is 40.1 Å². The highest BCUT2D eigenvalue weighted by atomic mass is 32.1. The molecule has 0 unspecified atom stereocenters. The van der Waals surface area contributed by atoms with E-state index in [-0.39, 0.29) is 16.9 Å². The fourth-order valence-corrected chi connectivity index (χ4v) is 2.21. The van der Waals surface area contributed by atoms with Crippen molar-refractivity contribution >= 4 is 29.1 Å². The van der Waals surface area contributed by atoms with Gasteiger partial charge in [-0.15, -0.1) is 0 Å². The maximum Gasteiger partial charge on any atom is 0.269 e. The Hall–Kier alpha value is -2.93. The standard InChI is InChI=1S/C20H23N3O3S/c1-13(2)12-26-17-10-8-16(9-11-17)19(25)22-23-20(27)21-18(24)15-6-4-14(3)5-7-15/h4-11,13H,12H2,1-3H3,(H,22,25)(H2,21,23,24,27). The number of hydrogen-bond donors (Lipinski definition) is 3. The summed E-state index contributed by atoms with van der Waals surface area (Å²) in [5, 5.41) is 2.51. The lowest BCUT2D eigenvalue weighted by atomic mass is 10.1. The second kappa shape index (κ2) is 9.68. The summed E-state index contributed by atoms with van der Waals surface area (Å²) >= 11 is 5.03. The zero-order chi connectivity index (χ0) is 19.8. The van der Waals surface area contributed by atoms with Crippen molar-refractivity contribution < 1.29 is 14.3 Å². The van der Waals surface area contributed by atoms with Crippen LogP contribution in [0, 0.1) is 12.8 Å². The second-order valence-electron chi connectivity index (χ2n) is 6.46. The quantitative estimate of drug-likeness (QED) is 0.545. The predicted molar refractivity (Wildman–Crippen MR) is 109 cm³/mol. The van der Waals surface area contributed by atoms with Crippen LogP contribution in [-0.2, 0) is 0 Å². The lowest BCUT2D eigenvalue weighted by Crippen LogP contribution is -2.48. The topological polar surface area (TPSA) is 79.5 Å². The van der Waals surface area contributed by atoms with Crippen LogP contribution in [0.25, 0.3) is 0 Å². The van der Waals surface area contributed by atoms with Crippen molar-refractivity contribution in [3.63, 3.8) is 0 Å². The van der Waals surface area contributed by atoms with Crippen LogP contribution in [0.5, 0.6) is 5.75 Å². The molecule has 2 aromatic rings. The van der Waals surface area contributed by atoms with Gasteiger partial charge in [-0.25, -0.2) is 0 Å². The molecule has 0 aliphatic carbocycles. The molecule has 27 heavy (non-hydrogen) atoms. The summed E-state index contributed by atoms with van der Waals surface area (Å²) in [7, 11) is 0. The van der Waals surface area contributed by atoms with Crippen LogP contribution in [0.2, 0.25) is 0 Å². The zero-order valence-corrected chi connectivity index (χ0v) is 16.4. The Morgan fingerprint density at radius 3 is 2.07 bits per heavy atom. The minimum Gasteiger partial charge on any atom is -0.493 e. The first kappa shape index (κ1) is 20.4. The number of thiocarbonyl (C=S) groups is 1. The van der Waals surface area contributed by atoms with Gasteiger partial charge in [0.1, 0.15) is 5.75 Å². The summed E-state index contributed by atoms with van der Waals surface area (Å²) < 4.78 is 5.58. The average molecular weight is 385 g/mol. The third-order valence-electron chi connectivity index (χ3n) is 3.53. The maximum absolute atomic E-state index is 12.1. The Labute approximate surface area is 164 Å². The van der Waals surface area contributed by atoms with Crippen molar-refractivity contribution in [1.29, 1.82) is 0 Å². The number of nitrogens with one attached hydrogen (secondary N) is 3. The van der Waals surface area contributed by atoms with Crippen LogP contribution >= 0.6 is 12.2 Å². The summed E-state index contributed by atoms with van der Waals surface area (Å²) in [6, 6.07) is 13.8. The summed E-state index contributed by atoms with van der Waals surface area (Å²) in [4.78, 5) is 24.2. The molecule has 0 radical (unpaired) electrons. The summed E-state index contributed by atoms with van der Waals surface area (Å²) in [6.45, 7) is 6.68. The molecule has 0 saturated carbocycles. The average Bonchev–Trinajstić information content (AvgIpc) is 2.65. The highest BCUT2D eigenvalue weighted by Crippen LogP contribution is 2.13. The Morgan fingerprint density at radius 2 is 1.48 bits per heavy atom. The van der Waals surface area contributed by atoms with E-state index >= 15 is 0 Å². The molecule has 2 rings (SSSR count). The predicted octanol–water partition coefficient (Wildman–Crippen LogP) is 2.98. The molecule has 0 fully saturated rings. The smallest absolute Gasteiger partial charge is 0.269 e. The molecule has 0 bridgehead atoms. The van der Waals surface area contributed by atoms with Crippen LogP contribution in [0.4, 0.5) is 0 Å². The van der Waals surface area contributed by atoms with Crippen molar-refractivity contribution in [2.75, 3.05) is 6.61 Å². The van der Waals surface area contributed by atoms with E-state index in [4.69, 9.17) is 17.0 Å². The van der Waals surface area contributed by atoms with Gasteiger partial charge in [0.05, 0.1) is 6.61 Å². The van der Waals surface area contributed by atoms with E-state index in [0.717, 1.165) is 5.56 Å². The van der Waals surface area contributed by atoms with Crippen LogP contribution in [-0.4, -0.2) is 23.5 Å². The first-order valence-electron chi connectivity index (χ1n) is 8.56. The van der Waals surface area contributed by atoms with E-state index in [0.29, 0.717) is 29.4 Å². The number of hydrazine groups is 1. The number of amides is 2. The van der Waals surface area contributed by atoms with Crippen molar-refractivity contribution in [2.45, 2.75) is 20.8 Å². The number of ether oxygens (including phenoxy) is 1. The van der Waals surface area contributed by atoms with Gasteiger partial charge < -0.3 is 4.74 Å².